The van der Waals surface area contributed by atoms with Crippen molar-refractivity contribution in [3.63, 3.8) is 0 Å². The maximum absolute atomic E-state index is 12.8. The Kier molecular flexibility index (Phi) is 2.83. The van der Waals surface area contributed by atoms with Gasteiger partial charge in [-0.2, -0.15) is 23.5 Å². The quantitative estimate of drug-likeness (QED) is 0.845. The average Bonchev–Trinajstić information content (AvgIpc) is 2.71. The van der Waals surface area contributed by atoms with Gasteiger partial charge >= 0.3 is 6.18 Å². The lowest BCUT2D eigenvalue weighted by atomic mass is 10.0. The van der Waals surface area contributed by atoms with E-state index in [0.717, 1.165) is 0 Å². The number of aromatic amines is 1. The zero-order valence-electron chi connectivity index (χ0n) is 9.34. The fraction of sp³-hybridized carbons (Fsp3) is 0.167. The van der Waals surface area contributed by atoms with Gasteiger partial charge in [0.2, 0.25) is 0 Å². The van der Waals surface area contributed by atoms with Gasteiger partial charge in [0.15, 0.2) is 5.69 Å². The molecule has 0 atom stereocenters. The van der Waals surface area contributed by atoms with E-state index < -0.39 is 11.9 Å². The lowest BCUT2D eigenvalue weighted by molar-refractivity contribution is -0.140. The number of nitrogens with zero attached hydrogens (tertiary/aromatic N) is 2. The van der Waals surface area contributed by atoms with E-state index in [1.54, 1.807) is 0 Å². The molecule has 1 aromatic heterocycles. The third-order valence-corrected chi connectivity index (χ3v) is 2.52. The van der Waals surface area contributed by atoms with Crippen molar-refractivity contribution in [2.45, 2.75) is 13.1 Å². The number of hydrogen-bond donors (Lipinski definition) is 1. The molecule has 18 heavy (non-hydrogen) atoms. The summed E-state index contributed by atoms with van der Waals surface area (Å²) in [7, 11) is 0. The molecular weight excluding hydrogens is 243 g/mol. The number of H-pyrrole nitrogens is 1. The van der Waals surface area contributed by atoms with Gasteiger partial charge in [0.1, 0.15) is 0 Å². The van der Waals surface area contributed by atoms with Crippen molar-refractivity contribution in [2.24, 2.45) is 0 Å². The van der Waals surface area contributed by atoms with Crippen LogP contribution in [0, 0.1) is 18.3 Å². The van der Waals surface area contributed by atoms with Crippen molar-refractivity contribution in [1.29, 1.82) is 5.26 Å². The summed E-state index contributed by atoms with van der Waals surface area (Å²) in [5.41, 5.74) is 0.199. The van der Waals surface area contributed by atoms with E-state index in [4.69, 9.17) is 5.26 Å². The Morgan fingerprint density at radius 3 is 2.33 bits per heavy atom. The lowest BCUT2D eigenvalue weighted by Gasteiger charge is -2.07. The zero-order chi connectivity index (χ0) is 13.3. The van der Waals surface area contributed by atoms with Crippen LogP contribution >= 0.6 is 0 Å². The molecule has 0 aliphatic heterocycles. The highest BCUT2D eigenvalue weighted by molar-refractivity contribution is 5.69. The number of aromatic nitrogens is 2. The highest BCUT2D eigenvalue weighted by Gasteiger charge is 2.37. The SMILES string of the molecule is Cc1[nH]nc(C(F)(F)F)c1-c1ccc(C#N)cc1. The van der Waals surface area contributed by atoms with Crippen LogP contribution in [0.25, 0.3) is 11.1 Å². The van der Waals surface area contributed by atoms with E-state index in [0.29, 0.717) is 16.8 Å². The molecule has 6 heteroatoms. The normalized spacial score (nSPS) is 11.3. The zero-order valence-corrected chi connectivity index (χ0v) is 9.34. The van der Waals surface area contributed by atoms with Crippen LogP contribution < -0.4 is 0 Å². The van der Waals surface area contributed by atoms with E-state index in [1.165, 1.54) is 31.2 Å². The molecule has 0 fully saturated rings. The Bertz CT molecular complexity index is 603. The third-order valence-electron chi connectivity index (χ3n) is 2.52. The van der Waals surface area contributed by atoms with Crippen LogP contribution in [0.2, 0.25) is 0 Å². The largest absolute Gasteiger partial charge is 0.435 e. The molecule has 0 radical (unpaired) electrons. The van der Waals surface area contributed by atoms with Crippen molar-refractivity contribution in [3.8, 4) is 17.2 Å². The number of halogens is 3. The summed E-state index contributed by atoms with van der Waals surface area (Å²) < 4.78 is 38.3. The number of hydrogen-bond acceptors (Lipinski definition) is 2. The molecule has 0 aliphatic carbocycles. The predicted octanol–water partition coefficient (Wildman–Crippen LogP) is 3.28. The molecule has 0 spiro atoms. The van der Waals surface area contributed by atoms with Crippen molar-refractivity contribution >= 4 is 0 Å². The second-order valence-electron chi connectivity index (χ2n) is 3.76. The standard InChI is InChI=1S/C12H8F3N3/c1-7-10(11(18-17-7)12(13,14)15)9-4-2-8(6-16)3-5-9/h2-5H,1H3,(H,17,18). The molecule has 2 rings (SSSR count). The second-order valence-corrected chi connectivity index (χ2v) is 3.76. The van der Waals surface area contributed by atoms with Crippen molar-refractivity contribution in [2.75, 3.05) is 0 Å². The van der Waals surface area contributed by atoms with E-state index in [9.17, 15) is 13.2 Å². The highest BCUT2D eigenvalue weighted by Crippen LogP contribution is 2.37. The van der Waals surface area contributed by atoms with Crippen LogP contribution in [-0.4, -0.2) is 10.2 Å². The lowest BCUT2D eigenvalue weighted by Crippen LogP contribution is -2.07. The molecule has 0 saturated heterocycles. The van der Waals surface area contributed by atoms with E-state index in [-0.39, 0.29) is 5.56 Å². The summed E-state index contributed by atoms with van der Waals surface area (Å²) in [6.45, 7) is 1.52. The van der Waals surface area contributed by atoms with Crippen molar-refractivity contribution in [1.82, 2.24) is 10.2 Å². The van der Waals surface area contributed by atoms with Crippen LogP contribution in [0.4, 0.5) is 13.2 Å². The Morgan fingerprint density at radius 1 is 1.22 bits per heavy atom. The van der Waals surface area contributed by atoms with Gasteiger partial charge in [-0.3, -0.25) is 5.10 Å². The Morgan fingerprint density at radius 2 is 1.83 bits per heavy atom. The first-order chi connectivity index (χ1) is 8.43. The Labute approximate surface area is 101 Å². The summed E-state index contributed by atoms with van der Waals surface area (Å²) in [6, 6.07) is 7.82. The summed E-state index contributed by atoms with van der Waals surface area (Å²) >= 11 is 0. The predicted molar refractivity (Wildman–Crippen MR) is 58.5 cm³/mol. The molecule has 1 aromatic carbocycles. The topological polar surface area (TPSA) is 52.5 Å². The molecule has 3 nitrogen and oxygen atoms in total. The van der Waals surface area contributed by atoms with Gasteiger partial charge in [-0.1, -0.05) is 12.1 Å². The first kappa shape index (κ1) is 12.2. The van der Waals surface area contributed by atoms with Crippen molar-refractivity contribution < 1.29 is 13.2 Å². The van der Waals surface area contributed by atoms with Gasteiger partial charge in [0, 0.05) is 11.3 Å². The molecule has 0 aliphatic rings. The molecule has 0 bridgehead atoms. The van der Waals surface area contributed by atoms with Gasteiger partial charge in [-0.05, 0) is 24.6 Å². The van der Waals surface area contributed by atoms with Crippen LogP contribution in [-0.2, 0) is 6.18 Å². The van der Waals surface area contributed by atoms with Gasteiger partial charge in [-0.25, -0.2) is 0 Å². The number of rotatable bonds is 1. The fourth-order valence-corrected chi connectivity index (χ4v) is 1.70. The van der Waals surface area contributed by atoms with Gasteiger partial charge in [-0.15, -0.1) is 0 Å². The molecule has 0 saturated carbocycles. The first-order valence-corrected chi connectivity index (χ1v) is 5.06. The summed E-state index contributed by atoms with van der Waals surface area (Å²) in [4.78, 5) is 0. The smallest absolute Gasteiger partial charge is 0.282 e. The Hall–Kier alpha value is -2.29. The van der Waals surface area contributed by atoms with Gasteiger partial charge in [0.05, 0.1) is 11.6 Å². The molecule has 0 unspecified atom stereocenters. The molecule has 2 aromatic rings. The maximum Gasteiger partial charge on any atom is 0.435 e. The number of aryl methyl sites for hydroxylation is 1. The molecular formula is C12H8F3N3. The Balaban J connectivity index is 2.57. The number of nitriles is 1. The van der Waals surface area contributed by atoms with Gasteiger partial charge in [0.25, 0.3) is 0 Å². The van der Waals surface area contributed by atoms with Crippen LogP contribution in [0.5, 0.6) is 0 Å². The van der Waals surface area contributed by atoms with Crippen molar-refractivity contribution in [3.05, 3.63) is 41.2 Å². The summed E-state index contributed by atoms with van der Waals surface area (Å²) in [5, 5.41) is 14.3. The maximum atomic E-state index is 12.8. The fourth-order valence-electron chi connectivity index (χ4n) is 1.70. The number of nitrogens with one attached hydrogen (secondary N) is 1. The van der Waals surface area contributed by atoms with Crippen LogP contribution in [0.3, 0.4) is 0 Å². The molecule has 92 valence electrons. The minimum absolute atomic E-state index is 0.0204. The number of benzene rings is 1. The minimum Gasteiger partial charge on any atom is -0.282 e. The van der Waals surface area contributed by atoms with Crippen LogP contribution in [0.15, 0.2) is 24.3 Å². The monoisotopic (exact) mass is 251 g/mol. The molecule has 1 N–H and O–H groups in total. The first-order valence-electron chi connectivity index (χ1n) is 5.06. The van der Waals surface area contributed by atoms with Crippen LogP contribution in [0.1, 0.15) is 17.0 Å². The molecule has 0 amide bonds. The number of alkyl halides is 3. The second kappa shape index (κ2) is 4.18. The average molecular weight is 251 g/mol. The highest BCUT2D eigenvalue weighted by atomic mass is 19.4. The molecule has 1 heterocycles. The third kappa shape index (κ3) is 2.07. The van der Waals surface area contributed by atoms with Gasteiger partial charge < -0.3 is 0 Å². The van der Waals surface area contributed by atoms with E-state index >= 15 is 0 Å². The van der Waals surface area contributed by atoms with E-state index in [2.05, 4.69) is 10.2 Å². The van der Waals surface area contributed by atoms with E-state index in [1.807, 2.05) is 6.07 Å². The summed E-state index contributed by atoms with van der Waals surface area (Å²) in [6.07, 6.45) is -4.51. The minimum atomic E-state index is -4.51. The summed E-state index contributed by atoms with van der Waals surface area (Å²) in [5.74, 6) is 0.